The van der Waals surface area contributed by atoms with E-state index in [4.69, 9.17) is 17.3 Å². The summed E-state index contributed by atoms with van der Waals surface area (Å²) in [5, 5.41) is 7.63. The Morgan fingerprint density at radius 1 is 1.19 bits per heavy atom. The lowest BCUT2D eigenvalue weighted by atomic mass is 9.98. The first-order chi connectivity index (χ1) is 10.1. The highest BCUT2D eigenvalue weighted by Gasteiger charge is 2.16. The summed E-state index contributed by atoms with van der Waals surface area (Å²) in [7, 11) is 0. The summed E-state index contributed by atoms with van der Waals surface area (Å²) in [6.07, 6.45) is 0. The highest BCUT2D eigenvalue weighted by Crippen LogP contribution is 2.36. The van der Waals surface area contributed by atoms with Crippen LogP contribution in [0.15, 0.2) is 42.5 Å². The summed E-state index contributed by atoms with van der Waals surface area (Å²) in [5.74, 6) is 0.115. The number of aryl methyl sites for hydroxylation is 1. The maximum atomic E-state index is 13.3. The first-order valence-electron chi connectivity index (χ1n) is 6.42. The number of nitrogens with one attached hydrogen (secondary N) is 1. The second-order valence-electron chi connectivity index (χ2n) is 4.83. The van der Waals surface area contributed by atoms with Crippen molar-refractivity contribution >= 4 is 17.4 Å². The van der Waals surface area contributed by atoms with E-state index in [0.717, 1.165) is 27.9 Å². The van der Waals surface area contributed by atoms with Crippen LogP contribution >= 0.6 is 11.6 Å². The maximum absolute atomic E-state index is 13.3. The molecule has 2 aromatic carbocycles. The third-order valence-corrected chi connectivity index (χ3v) is 3.60. The zero-order valence-corrected chi connectivity index (χ0v) is 12.1. The van der Waals surface area contributed by atoms with Crippen LogP contribution < -0.4 is 5.73 Å². The number of halogens is 2. The van der Waals surface area contributed by atoms with Crippen LogP contribution in [0.25, 0.3) is 22.4 Å². The molecule has 0 spiro atoms. The van der Waals surface area contributed by atoms with Gasteiger partial charge in [0.05, 0.1) is 11.3 Å². The van der Waals surface area contributed by atoms with Crippen LogP contribution in [0.3, 0.4) is 0 Å². The first-order valence-corrected chi connectivity index (χ1v) is 6.80. The van der Waals surface area contributed by atoms with Crippen molar-refractivity contribution in [3.63, 3.8) is 0 Å². The van der Waals surface area contributed by atoms with Crippen LogP contribution in [0.4, 0.5) is 10.2 Å². The Kier molecular flexibility index (Phi) is 3.39. The second kappa shape index (κ2) is 5.22. The number of rotatable bonds is 2. The molecule has 5 heteroatoms. The molecule has 21 heavy (non-hydrogen) atoms. The van der Waals surface area contributed by atoms with Gasteiger partial charge in [-0.15, -0.1) is 0 Å². The lowest BCUT2D eigenvalue weighted by Crippen LogP contribution is -1.90. The summed E-state index contributed by atoms with van der Waals surface area (Å²) in [5.41, 5.74) is 10.0. The molecule has 0 unspecified atom stereocenters. The van der Waals surface area contributed by atoms with Gasteiger partial charge in [0.25, 0.3) is 0 Å². The molecule has 0 bridgehead atoms. The number of aromatic amines is 1. The Morgan fingerprint density at radius 3 is 2.71 bits per heavy atom. The maximum Gasteiger partial charge on any atom is 0.153 e. The Labute approximate surface area is 126 Å². The number of H-pyrrole nitrogens is 1. The highest BCUT2D eigenvalue weighted by molar-refractivity contribution is 6.30. The molecule has 3 rings (SSSR count). The fourth-order valence-electron chi connectivity index (χ4n) is 2.39. The van der Waals surface area contributed by atoms with E-state index in [1.165, 1.54) is 12.1 Å². The second-order valence-corrected chi connectivity index (χ2v) is 5.26. The number of anilines is 1. The predicted molar refractivity (Wildman–Crippen MR) is 83.6 cm³/mol. The SMILES string of the molecule is Cc1cc(F)ccc1-c1[nH]nc(N)c1-c1cccc(Cl)c1. The van der Waals surface area contributed by atoms with Gasteiger partial charge in [0.1, 0.15) is 5.82 Å². The largest absolute Gasteiger partial charge is 0.382 e. The molecule has 0 atom stereocenters. The summed E-state index contributed by atoms with van der Waals surface area (Å²) in [6, 6.07) is 12.0. The molecule has 106 valence electrons. The van der Waals surface area contributed by atoms with Crippen LogP contribution in [0.2, 0.25) is 5.02 Å². The number of nitrogens with two attached hydrogens (primary N) is 1. The third-order valence-electron chi connectivity index (χ3n) is 3.37. The van der Waals surface area contributed by atoms with Crippen LogP contribution in [0.5, 0.6) is 0 Å². The molecular weight excluding hydrogens is 289 g/mol. The average molecular weight is 302 g/mol. The molecule has 1 aromatic heterocycles. The topological polar surface area (TPSA) is 54.7 Å². The average Bonchev–Trinajstić information content (AvgIpc) is 2.80. The molecule has 0 radical (unpaired) electrons. The van der Waals surface area contributed by atoms with Gasteiger partial charge >= 0.3 is 0 Å². The normalized spacial score (nSPS) is 10.8. The fourth-order valence-corrected chi connectivity index (χ4v) is 2.58. The highest BCUT2D eigenvalue weighted by atomic mass is 35.5. The van der Waals surface area contributed by atoms with E-state index in [0.29, 0.717) is 10.8 Å². The summed E-state index contributed by atoms with van der Waals surface area (Å²) in [4.78, 5) is 0. The number of benzene rings is 2. The molecule has 3 nitrogen and oxygen atoms in total. The first kappa shape index (κ1) is 13.6. The minimum atomic E-state index is -0.270. The number of hydrogen-bond donors (Lipinski definition) is 2. The van der Waals surface area contributed by atoms with Crippen molar-refractivity contribution in [3.05, 3.63) is 58.9 Å². The van der Waals surface area contributed by atoms with E-state index in [2.05, 4.69) is 10.2 Å². The van der Waals surface area contributed by atoms with Crippen LogP contribution in [-0.2, 0) is 0 Å². The van der Waals surface area contributed by atoms with Crippen molar-refractivity contribution < 1.29 is 4.39 Å². The van der Waals surface area contributed by atoms with E-state index < -0.39 is 0 Å². The van der Waals surface area contributed by atoms with Gasteiger partial charge in [-0.3, -0.25) is 5.10 Å². The zero-order chi connectivity index (χ0) is 15.0. The lowest BCUT2D eigenvalue weighted by Gasteiger charge is -2.08. The number of hydrogen-bond acceptors (Lipinski definition) is 2. The minimum absolute atomic E-state index is 0.270. The van der Waals surface area contributed by atoms with Gasteiger partial charge in [0.15, 0.2) is 5.82 Å². The molecule has 1 heterocycles. The van der Waals surface area contributed by atoms with Gasteiger partial charge in [-0.1, -0.05) is 23.7 Å². The summed E-state index contributed by atoms with van der Waals surface area (Å²) in [6.45, 7) is 1.84. The van der Waals surface area contributed by atoms with Crippen molar-refractivity contribution in [2.75, 3.05) is 5.73 Å². The molecule has 0 aliphatic carbocycles. The van der Waals surface area contributed by atoms with Crippen molar-refractivity contribution in [1.82, 2.24) is 10.2 Å². The van der Waals surface area contributed by atoms with Crippen LogP contribution in [0, 0.1) is 12.7 Å². The summed E-state index contributed by atoms with van der Waals surface area (Å²) >= 11 is 6.04. The monoisotopic (exact) mass is 301 g/mol. The molecular formula is C16H13ClFN3. The zero-order valence-electron chi connectivity index (χ0n) is 11.3. The Bertz CT molecular complexity index is 811. The Morgan fingerprint density at radius 2 is 2.00 bits per heavy atom. The number of nitrogen functional groups attached to an aromatic ring is 1. The van der Waals surface area contributed by atoms with E-state index in [-0.39, 0.29) is 5.82 Å². The lowest BCUT2D eigenvalue weighted by molar-refractivity contribution is 0.627. The molecule has 0 saturated carbocycles. The third kappa shape index (κ3) is 2.50. The van der Waals surface area contributed by atoms with E-state index in [9.17, 15) is 4.39 Å². The van der Waals surface area contributed by atoms with Gasteiger partial charge in [-0.2, -0.15) is 5.10 Å². The van der Waals surface area contributed by atoms with Crippen LogP contribution in [-0.4, -0.2) is 10.2 Å². The Balaban J connectivity index is 2.22. The quantitative estimate of drug-likeness (QED) is 0.736. The molecule has 3 N–H and O–H groups in total. The number of aromatic nitrogens is 2. The van der Waals surface area contributed by atoms with Crippen molar-refractivity contribution in [1.29, 1.82) is 0 Å². The van der Waals surface area contributed by atoms with Crippen molar-refractivity contribution in [2.24, 2.45) is 0 Å². The fraction of sp³-hybridized carbons (Fsp3) is 0.0625. The van der Waals surface area contributed by atoms with Gasteiger partial charge in [-0.25, -0.2) is 4.39 Å². The molecule has 0 saturated heterocycles. The van der Waals surface area contributed by atoms with Gasteiger partial charge in [-0.05, 0) is 48.4 Å². The smallest absolute Gasteiger partial charge is 0.153 e. The predicted octanol–water partition coefficient (Wildman–Crippen LogP) is 4.43. The van der Waals surface area contributed by atoms with E-state index >= 15 is 0 Å². The van der Waals surface area contributed by atoms with Crippen molar-refractivity contribution in [3.8, 4) is 22.4 Å². The van der Waals surface area contributed by atoms with Gasteiger partial charge in [0.2, 0.25) is 0 Å². The summed E-state index contributed by atoms with van der Waals surface area (Å²) < 4.78 is 13.3. The molecule has 0 fully saturated rings. The van der Waals surface area contributed by atoms with E-state index in [1.54, 1.807) is 12.1 Å². The van der Waals surface area contributed by atoms with Gasteiger partial charge in [0, 0.05) is 10.6 Å². The van der Waals surface area contributed by atoms with E-state index in [1.807, 2.05) is 25.1 Å². The van der Waals surface area contributed by atoms with Crippen molar-refractivity contribution in [2.45, 2.75) is 6.92 Å². The Hall–Kier alpha value is -2.33. The molecule has 3 aromatic rings. The minimum Gasteiger partial charge on any atom is -0.382 e. The van der Waals surface area contributed by atoms with Gasteiger partial charge < -0.3 is 5.73 Å². The number of nitrogens with zero attached hydrogens (tertiary/aromatic N) is 1. The standard InChI is InChI=1S/C16H13ClFN3/c1-9-7-12(18)5-6-13(9)15-14(16(19)21-20-15)10-3-2-4-11(17)8-10/h2-8H,1H3,(H3,19,20,21). The molecule has 0 aliphatic rings. The van der Waals surface area contributed by atoms with Crippen LogP contribution in [0.1, 0.15) is 5.56 Å². The molecule has 0 aliphatic heterocycles. The molecule has 0 amide bonds.